The Morgan fingerprint density at radius 1 is 1.09 bits per heavy atom. The molecule has 0 radical (unpaired) electrons. The minimum Gasteiger partial charge on any atom is -0.487 e. The molecular weight excluding hydrogens is 630 g/mol. The number of nitrogens with one attached hydrogen (secondary N) is 1. The van der Waals surface area contributed by atoms with Crippen LogP contribution in [0.25, 0.3) is 0 Å². The first-order valence-corrected chi connectivity index (χ1v) is 18.0. The molecule has 4 atom stereocenters. The van der Waals surface area contributed by atoms with Gasteiger partial charge in [0.25, 0.3) is 5.91 Å². The smallest absolute Gasteiger partial charge is 0.304 e. The second-order valence-electron chi connectivity index (χ2n) is 12.4. The van der Waals surface area contributed by atoms with E-state index >= 15 is 0 Å². The number of amides is 1. The summed E-state index contributed by atoms with van der Waals surface area (Å²) in [5, 5.41) is 11.9. The fraction of sp³-hybridized carbons (Fsp3) is 0.559. The lowest BCUT2D eigenvalue weighted by atomic mass is 9.70. The lowest BCUT2D eigenvalue weighted by molar-refractivity contribution is 0.0460. The van der Waals surface area contributed by atoms with Gasteiger partial charge in [-0.25, -0.2) is 4.72 Å². The van der Waals surface area contributed by atoms with Gasteiger partial charge in [0.2, 0.25) is 0 Å². The number of aliphatic hydroxyl groups is 1. The van der Waals surface area contributed by atoms with Crippen molar-refractivity contribution in [2.45, 2.75) is 64.2 Å². The van der Waals surface area contributed by atoms with Gasteiger partial charge in [-0.15, -0.1) is 0 Å². The maximum absolute atomic E-state index is 13.7. The van der Waals surface area contributed by atoms with Crippen LogP contribution in [0, 0.1) is 11.8 Å². The molecule has 10 nitrogen and oxygen atoms in total. The Hall–Kier alpha value is -2.67. The third kappa shape index (κ3) is 8.62. The zero-order chi connectivity index (χ0) is 32.7. The first kappa shape index (κ1) is 34.7. The number of aliphatic hydroxyl groups excluding tert-OH is 1. The summed E-state index contributed by atoms with van der Waals surface area (Å²) in [5.41, 5.74) is 3.17. The summed E-state index contributed by atoms with van der Waals surface area (Å²) >= 11 is 6.32. The number of aryl methyl sites for hydroxylation is 1. The van der Waals surface area contributed by atoms with Gasteiger partial charge in [0.05, 0.1) is 31.6 Å². The third-order valence-corrected chi connectivity index (χ3v) is 11.2. The van der Waals surface area contributed by atoms with Gasteiger partial charge in [0.1, 0.15) is 12.4 Å². The fourth-order valence-electron chi connectivity index (χ4n) is 6.52. The highest BCUT2D eigenvalue weighted by Crippen LogP contribution is 2.41. The number of hydrogen-bond donors (Lipinski definition) is 2. The molecule has 2 aromatic carbocycles. The number of benzene rings is 2. The maximum Gasteiger partial charge on any atom is 0.304 e. The summed E-state index contributed by atoms with van der Waals surface area (Å²) in [5.74, 6) is 0.253. The SMILES string of the molecule is COCCOCCN1[C@@H](C)C/C=C/[C@H](O)[C@@H]2CC[C@H]2CN2CCCCc3cc(Cl)ccc3COc3ccc(cc32)C(=O)NS1(=O)=O. The van der Waals surface area contributed by atoms with Crippen LogP contribution < -0.4 is 14.4 Å². The first-order valence-electron chi connectivity index (χ1n) is 16.2. The second kappa shape index (κ2) is 16.0. The molecule has 1 fully saturated rings. The summed E-state index contributed by atoms with van der Waals surface area (Å²) in [6.45, 7) is 4.44. The Morgan fingerprint density at radius 3 is 2.72 bits per heavy atom. The second-order valence-corrected chi connectivity index (χ2v) is 14.5. The minimum atomic E-state index is -4.24. The van der Waals surface area contributed by atoms with Crippen molar-refractivity contribution in [3.8, 4) is 5.75 Å². The molecule has 252 valence electrons. The van der Waals surface area contributed by atoms with Gasteiger partial charge in [-0.1, -0.05) is 29.8 Å². The molecule has 2 heterocycles. The summed E-state index contributed by atoms with van der Waals surface area (Å²) in [4.78, 5) is 15.8. The van der Waals surface area contributed by atoms with Crippen molar-refractivity contribution >= 4 is 33.4 Å². The number of carbonyl (C=O) groups is 1. The minimum absolute atomic E-state index is 0.0487. The van der Waals surface area contributed by atoms with Crippen molar-refractivity contribution in [2.24, 2.45) is 11.8 Å². The fourth-order valence-corrected chi connectivity index (χ4v) is 8.06. The van der Waals surface area contributed by atoms with E-state index in [0.29, 0.717) is 43.6 Å². The van der Waals surface area contributed by atoms with Gasteiger partial charge < -0.3 is 24.2 Å². The summed E-state index contributed by atoms with van der Waals surface area (Å²) in [7, 11) is -2.67. The lowest BCUT2D eigenvalue weighted by Gasteiger charge is -2.42. The van der Waals surface area contributed by atoms with Gasteiger partial charge in [-0.05, 0) is 98.7 Å². The molecular formula is C34H46ClN3O7S. The zero-order valence-electron chi connectivity index (χ0n) is 26.7. The van der Waals surface area contributed by atoms with Crippen LogP contribution in [0.5, 0.6) is 5.75 Å². The predicted molar refractivity (Wildman–Crippen MR) is 179 cm³/mol. The summed E-state index contributed by atoms with van der Waals surface area (Å²) < 4.78 is 47.8. The van der Waals surface area contributed by atoms with E-state index in [0.717, 1.165) is 55.5 Å². The van der Waals surface area contributed by atoms with E-state index in [-0.39, 0.29) is 30.6 Å². The first-order chi connectivity index (χ1) is 22.2. The highest BCUT2D eigenvalue weighted by atomic mass is 35.5. The molecule has 12 heteroatoms. The van der Waals surface area contributed by atoms with E-state index < -0.39 is 28.3 Å². The predicted octanol–water partition coefficient (Wildman–Crippen LogP) is 4.74. The number of rotatable bonds is 6. The van der Waals surface area contributed by atoms with Crippen molar-refractivity contribution in [3.63, 3.8) is 0 Å². The monoisotopic (exact) mass is 675 g/mol. The Kier molecular flexibility index (Phi) is 12.0. The van der Waals surface area contributed by atoms with Crippen LogP contribution in [-0.4, -0.2) is 82.4 Å². The third-order valence-electron chi connectivity index (χ3n) is 9.33. The molecule has 2 bridgehead atoms. The number of fused-ring (bicyclic) bond motifs is 3. The van der Waals surface area contributed by atoms with Crippen molar-refractivity contribution < 1.29 is 32.5 Å². The van der Waals surface area contributed by atoms with Crippen LogP contribution in [-0.2, 0) is 32.7 Å². The van der Waals surface area contributed by atoms with Gasteiger partial charge in [-0.3, -0.25) is 4.79 Å². The maximum atomic E-state index is 13.7. The quantitative estimate of drug-likeness (QED) is 0.333. The van der Waals surface area contributed by atoms with Gasteiger partial charge in [0.15, 0.2) is 0 Å². The van der Waals surface area contributed by atoms with E-state index in [9.17, 15) is 18.3 Å². The van der Waals surface area contributed by atoms with Gasteiger partial charge in [0, 0.05) is 43.4 Å². The van der Waals surface area contributed by atoms with Crippen LogP contribution >= 0.6 is 11.6 Å². The highest BCUT2D eigenvalue weighted by molar-refractivity contribution is 7.87. The zero-order valence-corrected chi connectivity index (χ0v) is 28.3. The molecule has 0 spiro atoms. The molecule has 1 saturated carbocycles. The van der Waals surface area contributed by atoms with Gasteiger partial charge >= 0.3 is 10.2 Å². The normalized spacial score (nSPS) is 26.3. The summed E-state index contributed by atoms with van der Waals surface area (Å²) in [6.07, 6.45) is 8.01. The molecule has 0 unspecified atom stereocenters. The van der Waals surface area contributed by atoms with Crippen molar-refractivity contribution in [2.75, 3.05) is 51.5 Å². The van der Waals surface area contributed by atoms with E-state index in [1.54, 1.807) is 38.3 Å². The van der Waals surface area contributed by atoms with Crippen molar-refractivity contribution in [3.05, 3.63) is 70.3 Å². The number of ether oxygens (including phenoxy) is 3. The highest BCUT2D eigenvalue weighted by Gasteiger charge is 2.37. The Balaban J connectivity index is 1.49. The molecule has 0 aromatic heterocycles. The van der Waals surface area contributed by atoms with Crippen LogP contribution in [0.2, 0.25) is 5.02 Å². The van der Waals surface area contributed by atoms with E-state index in [4.69, 9.17) is 25.8 Å². The number of hydrogen-bond acceptors (Lipinski definition) is 8. The van der Waals surface area contributed by atoms with E-state index in [2.05, 4.69) is 9.62 Å². The molecule has 1 aliphatic carbocycles. The molecule has 46 heavy (non-hydrogen) atoms. The van der Waals surface area contributed by atoms with Crippen LogP contribution in [0.1, 0.15) is 60.5 Å². The number of halogens is 1. The molecule has 1 amide bonds. The average molecular weight is 676 g/mol. The van der Waals surface area contributed by atoms with E-state index in [1.807, 2.05) is 24.3 Å². The summed E-state index contributed by atoms with van der Waals surface area (Å²) in [6, 6.07) is 10.5. The number of methoxy groups -OCH3 is 1. The van der Waals surface area contributed by atoms with Crippen LogP contribution in [0.15, 0.2) is 48.6 Å². The molecule has 3 aliphatic rings. The standard InChI is InChI=1S/C34H46ClN3O7S/c1-24-6-5-8-32(39)30-13-10-27(30)22-37-15-4-3-7-25-20-29(35)12-9-28(25)23-45-33-14-11-26(21-31(33)37)34(40)36-46(41,42)38(24)16-17-44-19-18-43-2/h5,8-9,11-12,14,20-21,24,27,30,32,39H,3-4,6-7,10,13,15-19,22-23H2,1-2H3,(H,36,40)/b8-5+/t24-,27-,30+,32-/m0/s1. The molecule has 2 aromatic rings. The Bertz CT molecular complexity index is 1490. The number of nitrogens with zero attached hydrogens (tertiary/aromatic N) is 2. The Morgan fingerprint density at radius 2 is 1.93 bits per heavy atom. The number of carbonyl (C=O) groups excluding carboxylic acids is 1. The Labute approximate surface area is 277 Å². The molecule has 5 rings (SSSR count). The van der Waals surface area contributed by atoms with Gasteiger partial charge in [-0.2, -0.15) is 12.7 Å². The molecule has 2 aliphatic heterocycles. The average Bonchev–Trinajstić information content (AvgIpc) is 3.03. The largest absolute Gasteiger partial charge is 0.487 e. The topological polar surface area (TPSA) is 118 Å². The van der Waals surface area contributed by atoms with Crippen LogP contribution in [0.4, 0.5) is 5.69 Å². The molecule has 0 saturated heterocycles. The van der Waals surface area contributed by atoms with E-state index in [1.165, 1.54) is 4.31 Å². The van der Waals surface area contributed by atoms with Crippen molar-refractivity contribution in [1.29, 1.82) is 0 Å². The number of anilines is 1. The van der Waals surface area contributed by atoms with Crippen LogP contribution in [0.3, 0.4) is 0 Å². The lowest BCUT2D eigenvalue weighted by Crippen LogP contribution is -2.49. The van der Waals surface area contributed by atoms with Crippen molar-refractivity contribution in [1.82, 2.24) is 9.03 Å². The molecule has 2 N–H and O–H groups in total.